The van der Waals surface area contributed by atoms with E-state index < -0.39 is 5.82 Å². The van der Waals surface area contributed by atoms with Crippen LogP contribution in [0.2, 0.25) is 0 Å². The van der Waals surface area contributed by atoms with Crippen LogP contribution in [0, 0.1) is 5.82 Å². The number of hydrogen-bond donors (Lipinski definition) is 1. The Morgan fingerprint density at radius 3 is 2.62 bits per heavy atom. The molecule has 0 aliphatic heterocycles. The lowest BCUT2D eigenvalue weighted by Crippen LogP contribution is -2.53. The Kier molecular flexibility index (Phi) is 5.38. The summed E-state index contributed by atoms with van der Waals surface area (Å²) in [6.07, 6.45) is 5.82. The molecule has 5 heteroatoms. The van der Waals surface area contributed by atoms with Crippen molar-refractivity contribution in [3.8, 4) is 0 Å². The highest BCUT2D eigenvalue weighted by Gasteiger charge is 2.34. The summed E-state index contributed by atoms with van der Waals surface area (Å²) in [6.45, 7) is 0.599. The molecule has 2 rings (SSSR count). The Bertz CT molecular complexity index is 513. The van der Waals surface area contributed by atoms with Crippen LogP contribution in [0.3, 0.4) is 0 Å². The van der Waals surface area contributed by atoms with E-state index in [1.807, 2.05) is 0 Å². The third kappa shape index (κ3) is 3.83. The average Bonchev–Trinajstić information content (AvgIpc) is 2.48. The van der Waals surface area contributed by atoms with Crippen molar-refractivity contribution in [1.29, 1.82) is 0 Å². The van der Waals surface area contributed by atoms with Crippen LogP contribution in [-0.2, 0) is 0 Å². The van der Waals surface area contributed by atoms with Crippen LogP contribution in [0.4, 0.5) is 4.39 Å². The Balaban J connectivity index is 2.07. The first kappa shape index (κ1) is 16.4. The van der Waals surface area contributed by atoms with E-state index in [-0.39, 0.29) is 11.4 Å². The van der Waals surface area contributed by atoms with Crippen LogP contribution in [-0.4, -0.2) is 37.0 Å². The van der Waals surface area contributed by atoms with E-state index in [2.05, 4.69) is 40.2 Å². The van der Waals surface area contributed by atoms with Gasteiger partial charge in [-0.2, -0.15) is 0 Å². The summed E-state index contributed by atoms with van der Waals surface area (Å²) in [5.74, 6) is -0.628. The minimum atomic E-state index is -0.400. The summed E-state index contributed by atoms with van der Waals surface area (Å²) < 4.78 is 13.9. The Morgan fingerprint density at radius 2 is 2.00 bits per heavy atom. The molecular weight excluding hydrogens is 335 g/mol. The number of hydrogen-bond acceptors (Lipinski definition) is 2. The molecule has 116 valence electrons. The number of carbonyl (C=O) groups is 1. The van der Waals surface area contributed by atoms with Crippen LogP contribution < -0.4 is 5.32 Å². The second kappa shape index (κ2) is 6.88. The molecule has 1 N–H and O–H groups in total. The average molecular weight is 357 g/mol. The van der Waals surface area contributed by atoms with Gasteiger partial charge in [0.1, 0.15) is 5.82 Å². The fourth-order valence-corrected chi connectivity index (χ4v) is 3.43. The first-order valence-corrected chi connectivity index (χ1v) is 8.15. The summed E-state index contributed by atoms with van der Waals surface area (Å²) in [6, 6.07) is 4.17. The number of likely N-dealkylation sites (N-methyl/N-ethyl adjacent to an activating group) is 1. The second-order valence-corrected chi connectivity index (χ2v) is 6.84. The molecule has 1 aromatic carbocycles. The summed E-state index contributed by atoms with van der Waals surface area (Å²) >= 11 is 3.30. The van der Waals surface area contributed by atoms with Gasteiger partial charge in [-0.15, -0.1) is 0 Å². The van der Waals surface area contributed by atoms with E-state index in [0.29, 0.717) is 16.6 Å². The van der Waals surface area contributed by atoms with Gasteiger partial charge in [-0.25, -0.2) is 4.39 Å². The zero-order valence-electron chi connectivity index (χ0n) is 12.6. The van der Waals surface area contributed by atoms with Gasteiger partial charge < -0.3 is 10.2 Å². The largest absolute Gasteiger partial charge is 0.350 e. The molecule has 1 aliphatic carbocycles. The highest BCUT2D eigenvalue weighted by molar-refractivity contribution is 9.10. The molecule has 21 heavy (non-hydrogen) atoms. The van der Waals surface area contributed by atoms with Gasteiger partial charge in [0.05, 0.1) is 5.56 Å². The molecule has 0 saturated heterocycles. The second-order valence-electron chi connectivity index (χ2n) is 5.99. The molecule has 1 amide bonds. The molecule has 0 spiro atoms. The van der Waals surface area contributed by atoms with Crippen molar-refractivity contribution >= 4 is 21.8 Å². The van der Waals surface area contributed by atoms with E-state index in [0.717, 1.165) is 12.8 Å². The van der Waals surface area contributed by atoms with Gasteiger partial charge in [0.2, 0.25) is 0 Å². The number of nitrogens with zero attached hydrogens (tertiary/aromatic N) is 1. The SMILES string of the molecule is CN(C)C1(CNC(=O)c2cc(F)ccc2Br)CCCCC1. The molecule has 0 heterocycles. The van der Waals surface area contributed by atoms with Crippen molar-refractivity contribution in [2.75, 3.05) is 20.6 Å². The van der Waals surface area contributed by atoms with Crippen molar-refractivity contribution in [3.05, 3.63) is 34.1 Å². The van der Waals surface area contributed by atoms with Crippen molar-refractivity contribution in [2.24, 2.45) is 0 Å². The molecule has 1 saturated carbocycles. The monoisotopic (exact) mass is 356 g/mol. The molecule has 1 fully saturated rings. The molecular formula is C16H22BrFN2O. The fourth-order valence-electron chi connectivity index (χ4n) is 3.00. The first-order valence-electron chi connectivity index (χ1n) is 7.35. The number of amides is 1. The summed E-state index contributed by atoms with van der Waals surface area (Å²) in [7, 11) is 4.13. The highest BCUT2D eigenvalue weighted by Crippen LogP contribution is 2.31. The van der Waals surface area contributed by atoms with E-state index in [4.69, 9.17) is 0 Å². The Labute approximate surface area is 134 Å². The van der Waals surface area contributed by atoms with Gasteiger partial charge >= 0.3 is 0 Å². The first-order chi connectivity index (χ1) is 9.94. The van der Waals surface area contributed by atoms with Crippen LogP contribution in [0.1, 0.15) is 42.5 Å². The maximum absolute atomic E-state index is 13.3. The molecule has 1 aromatic rings. The van der Waals surface area contributed by atoms with Crippen LogP contribution in [0.25, 0.3) is 0 Å². The number of carbonyl (C=O) groups excluding carboxylic acids is 1. The van der Waals surface area contributed by atoms with Crippen molar-refractivity contribution in [2.45, 2.75) is 37.6 Å². The smallest absolute Gasteiger partial charge is 0.252 e. The van der Waals surface area contributed by atoms with Gasteiger partial charge in [-0.3, -0.25) is 4.79 Å². The third-order valence-corrected chi connectivity index (χ3v) is 5.18. The minimum Gasteiger partial charge on any atom is -0.350 e. The molecule has 3 nitrogen and oxygen atoms in total. The zero-order valence-corrected chi connectivity index (χ0v) is 14.2. The molecule has 0 radical (unpaired) electrons. The van der Waals surface area contributed by atoms with Gasteiger partial charge in [0.15, 0.2) is 0 Å². The Hall–Kier alpha value is -0.940. The zero-order chi connectivity index (χ0) is 15.5. The number of rotatable bonds is 4. The maximum atomic E-state index is 13.3. The lowest BCUT2D eigenvalue weighted by atomic mass is 9.80. The van der Waals surface area contributed by atoms with Gasteiger partial charge in [0.25, 0.3) is 5.91 Å². The Morgan fingerprint density at radius 1 is 1.33 bits per heavy atom. The lowest BCUT2D eigenvalue weighted by molar-refractivity contribution is 0.0799. The van der Waals surface area contributed by atoms with Crippen LogP contribution in [0.15, 0.2) is 22.7 Å². The summed E-state index contributed by atoms with van der Waals surface area (Å²) in [5.41, 5.74) is 0.368. The molecule has 0 unspecified atom stereocenters. The normalized spacial score (nSPS) is 17.8. The molecule has 0 bridgehead atoms. The van der Waals surface area contributed by atoms with Gasteiger partial charge in [-0.05, 0) is 61.1 Å². The topological polar surface area (TPSA) is 32.3 Å². The van der Waals surface area contributed by atoms with Crippen molar-refractivity contribution < 1.29 is 9.18 Å². The maximum Gasteiger partial charge on any atom is 0.252 e. The summed E-state index contributed by atoms with van der Waals surface area (Å²) in [4.78, 5) is 14.5. The predicted octanol–water partition coefficient (Wildman–Crippen LogP) is 3.58. The van der Waals surface area contributed by atoms with E-state index >= 15 is 0 Å². The summed E-state index contributed by atoms with van der Waals surface area (Å²) in [5, 5.41) is 2.98. The number of nitrogens with one attached hydrogen (secondary N) is 1. The molecule has 0 aromatic heterocycles. The molecule has 0 atom stereocenters. The predicted molar refractivity (Wildman–Crippen MR) is 85.9 cm³/mol. The fraction of sp³-hybridized carbons (Fsp3) is 0.562. The number of halogens is 2. The minimum absolute atomic E-state index is 0.0215. The van der Waals surface area contributed by atoms with E-state index in [9.17, 15) is 9.18 Å². The highest BCUT2D eigenvalue weighted by atomic mass is 79.9. The third-order valence-electron chi connectivity index (χ3n) is 4.48. The van der Waals surface area contributed by atoms with E-state index in [1.165, 1.54) is 31.4 Å². The van der Waals surface area contributed by atoms with Crippen LogP contribution in [0.5, 0.6) is 0 Å². The number of benzene rings is 1. The lowest BCUT2D eigenvalue weighted by Gasteiger charge is -2.43. The standard InChI is InChI=1S/C16H22BrFN2O/c1-20(2)16(8-4-3-5-9-16)11-19-15(21)13-10-12(18)6-7-14(13)17/h6-7,10H,3-5,8-9,11H2,1-2H3,(H,19,21). The van der Waals surface area contributed by atoms with Gasteiger partial charge in [-0.1, -0.05) is 19.3 Å². The van der Waals surface area contributed by atoms with Crippen LogP contribution >= 0.6 is 15.9 Å². The van der Waals surface area contributed by atoms with Crippen molar-refractivity contribution in [3.63, 3.8) is 0 Å². The van der Waals surface area contributed by atoms with Crippen molar-refractivity contribution in [1.82, 2.24) is 10.2 Å². The quantitative estimate of drug-likeness (QED) is 0.893. The van der Waals surface area contributed by atoms with E-state index in [1.54, 1.807) is 6.07 Å². The van der Waals surface area contributed by atoms with Gasteiger partial charge in [0, 0.05) is 16.6 Å². The molecule has 1 aliphatic rings.